The van der Waals surface area contributed by atoms with E-state index in [0.717, 1.165) is 16.9 Å². The number of benzene rings is 2. The van der Waals surface area contributed by atoms with Crippen LogP contribution in [0.4, 0.5) is 15.8 Å². The van der Waals surface area contributed by atoms with Crippen LogP contribution in [0.25, 0.3) is 11.3 Å². The topological polar surface area (TPSA) is 70.4 Å². The molecule has 194 valence electrons. The summed E-state index contributed by atoms with van der Waals surface area (Å²) in [7, 11) is 0. The molecule has 0 spiro atoms. The van der Waals surface area contributed by atoms with E-state index < -0.39 is 6.04 Å². The zero-order valence-electron chi connectivity index (χ0n) is 20.4. The number of thiocarbonyl (C=S) groups is 1. The van der Waals surface area contributed by atoms with Crippen molar-refractivity contribution in [2.24, 2.45) is 5.92 Å². The minimum atomic E-state index is -0.405. The summed E-state index contributed by atoms with van der Waals surface area (Å²) in [6.07, 6.45) is 1.73. The molecule has 2 N–H and O–H groups in total. The van der Waals surface area contributed by atoms with Crippen LogP contribution >= 0.6 is 39.7 Å². The van der Waals surface area contributed by atoms with Gasteiger partial charge in [-0.15, -0.1) is 0 Å². The molecule has 0 radical (unpaired) electrons. The van der Waals surface area contributed by atoms with Gasteiger partial charge in [0, 0.05) is 27.8 Å². The number of aromatic nitrogens is 1. The van der Waals surface area contributed by atoms with Crippen LogP contribution in [-0.4, -0.2) is 16.0 Å². The van der Waals surface area contributed by atoms with Gasteiger partial charge in [-0.05, 0) is 88.8 Å². The fourth-order valence-electron chi connectivity index (χ4n) is 4.30. The third-order valence-corrected chi connectivity index (χ3v) is 7.51. The fraction of sp³-hybridized carbons (Fsp3) is 0.179. The summed E-state index contributed by atoms with van der Waals surface area (Å²) in [5.74, 6) is 0.561. The third kappa shape index (κ3) is 5.18. The first-order valence-corrected chi connectivity index (χ1v) is 13.5. The van der Waals surface area contributed by atoms with Gasteiger partial charge in [0.1, 0.15) is 23.4 Å². The monoisotopic (exact) mass is 612 g/mol. The Balaban J connectivity index is 1.56. The quantitative estimate of drug-likeness (QED) is 0.218. The Morgan fingerprint density at radius 1 is 1.18 bits per heavy atom. The molecule has 4 aromatic rings. The fourth-order valence-corrected chi connectivity index (χ4v) is 5.41. The largest absolute Gasteiger partial charge is 0.459 e. The molecule has 10 heteroatoms. The molecule has 3 heterocycles. The number of rotatable bonds is 6. The Labute approximate surface area is 238 Å². The van der Waals surface area contributed by atoms with Gasteiger partial charge in [-0.3, -0.25) is 9.78 Å². The van der Waals surface area contributed by atoms with Crippen molar-refractivity contribution in [3.05, 3.63) is 99.7 Å². The van der Waals surface area contributed by atoms with Crippen molar-refractivity contribution < 1.29 is 13.6 Å². The second-order valence-corrected chi connectivity index (χ2v) is 10.8. The SMILES string of the molecule is CC(C)C(=O)Nc1ccc(N2C(=S)NC(c3ccccn3)C2c2ccc(-c3ccc(F)cc3Br)o2)cc1Cl. The summed E-state index contributed by atoms with van der Waals surface area (Å²) >= 11 is 15.8. The summed E-state index contributed by atoms with van der Waals surface area (Å²) in [5.41, 5.74) is 2.75. The first kappa shape index (κ1) is 26.3. The molecule has 6 nitrogen and oxygen atoms in total. The molecule has 1 fully saturated rings. The molecule has 5 rings (SSSR count). The van der Waals surface area contributed by atoms with Gasteiger partial charge < -0.3 is 20.0 Å². The molecule has 2 atom stereocenters. The number of hydrogen-bond acceptors (Lipinski definition) is 4. The van der Waals surface area contributed by atoms with E-state index in [9.17, 15) is 9.18 Å². The van der Waals surface area contributed by atoms with Gasteiger partial charge in [-0.25, -0.2) is 4.39 Å². The van der Waals surface area contributed by atoms with Crippen molar-refractivity contribution in [1.82, 2.24) is 10.3 Å². The van der Waals surface area contributed by atoms with Crippen LogP contribution in [0.2, 0.25) is 5.02 Å². The second kappa shape index (κ2) is 10.8. The highest BCUT2D eigenvalue weighted by atomic mass is 79.9. The van der Waals surface area contributed by atoms with Crippen molar-refractivity contribution in [2.75, 3.05) is 10.2 Å². The van der Waals surface area contributed by atoms with Crippen LogP contribution in [0.3, 0.4) is 0 Å². The standard InChI is InChI=1S/C28H23BrClFN4O2S/c1-15(2)27(36)33-21-9-7-17(14-20(21)30)35-26(25(34-28(35)38)22-5-3-4-12-32-22)24-11-10-23(37-24)18-8-6-16(31)13-19(18)29/h3-15,25-26H,1-2H3,(H,33,36)(H,34,38). The van der Waals surface area contributed by atoms with Crippen molar-refractivity contribution in [1.29, 1.82) is 0 Å². The van der Waals surface area contributed by atoms with Crippen LogP contribution in [0.15, 0.2) is 81.8 Å². The van der Waals surface area contributed by atoms with Crippen LogP contribution in [0, 0.1) is 11.7 Å². The zero-order chi connectivity index (χ0) is 27.0. The summed E-state index contributed by atoms with van der Waals surface area (Å²) in [4.78, 5) is 18.7. The molecular formula is C28H23BrClFN4O2S. The highest BCUT2D eigenvalue weighted by Crippen LogP contribution is 2.44. The lowest BCUT2D eigenvalue weighted by molar-refractivity contribution is -0.118. The molecule has 2 aromatic heterocycles. The maximum atomic E-state index is 13.7. The number of anilines is 2. The Bertz CT molecular complexity index is 1510. The molecule has 1 aliphatic rings. The van der Waals surface area contributed by atoms with Crippen molar-refractivity contribution in [3.8, 4) is 11.3 Å². The molecule has 0 aliphatic carbocycles. The number of hydrogen-bond donors (Lipinski definition) is 2. The Hall–Kier alpha value is -3.27. The summed E-state index contributed by atoms with van der Waals surface area (Å²) in [6.45, 7) is 3.63. The number of carbonyl (C=O) groups excluding carboxylic acids is 1. The first-order valence-electron chi connectivity index (χ1n) is 11.9. The predicted octanol–water partition coefficient (Wildman–Crippen LogP) is 7.67. The number of pyridine rings is 1. The summed E-state index contributed by atoms with van der Waals surface area (Å²) in [6, 6.07) is 18.5. The normalized spacial score (nSPS) is 17.1. The minimum absolute atomic E-state index is 0.124. The highest BCUT2D eigenvalue weighted by Gasteiger charge is 2.42. The van der Waals surface area contributed by atoms with Gasteiger partial charge in [0.15, 0.2) is 5.11 Å². The van der Waals surface area contributed by atoms with E-state index in [1.165, 1.54) is 12.1 Å². The lowest BCUT2D eigenvalue weighted by Crippen LogP contribution is -2.29. The van der Waals surface area contributed by atoms with Crippen molar-refractivity contribution >= 4 is 62.1 Å². The Morgan fingerprint density at radius 3 is 2.68 bits per heavy atom. The molecule has 1 amide bonds. The lowest BCUT2D eigenvalue weighted by atomic mass is 10.0. The lowest BCUT2D eigenvalue weighted by Gasteiger charge is -2.26. The van der Waals surface area contributed by atoms with E-state index in [2.05, 4.69) is 31.5 Å². The van der Waals surface area contributed by atoms with E-state index in [-0.39, 0.29) is 23.7 Å². The summed E-state index contributed by atoms with van der Waals surface area (Å²) in [5, 5.41) is 7.09. The van der Waals surface area contributed by atoms with Gasteiger partial charge in [-0.2, -0.15) is 0 Å². The molecule has 1 saturated heterocycles. The second-order valence-electron chi connectivity index (χ2n) is 9.13. The average molecular weight is 614 g/mol. The van der Waals surface area contributed by atoms with Crippen molar-refractivity contribution in [3.63, 3.8) is 0 Å². The minimum Gasteiger partial charge on any atom is -0.459 e. The van der Waals surface area contributed by atoms with Crippen LogP contribution in [0.5, 0.6) is 0 Å². The Kier molecular flexibility index (Phi) is 7.52. The van der Waals surface area contributed by atoms with Crippen LogP contribution in [-0.2, 0) is 4.79 Å². The van der Waals surface area contributed by atoms with Gasteiger partial charge in [-0.1, -0.05) is 31.5 Å². The molecular weight excluding hydrogens is 591 g/mol. The Morgan fingerprint density at radius 2 is 2.00 bits per heavy atom. The number of nitrogens with zero attached hydrogens (tertiary/aromatic N) is 2. The molecule has 2 aromatic carbocycles. The number of amides is 1. The molecule has 38 heavy (non-hydrogen) atoms. The van der Waals surface area contributed by atoms with Crippen LogP contribution < -0.4 is 15.5 Å². The number of halogens is 3. The van der Waals surface area contributed by atoms with Gasteiger partial charge >= 0.3 is 0 Å². The molecule has 0 saturated carbocycles. The van der Waals surface area contributed by atoms with E-state index in [0.29, 0.717) is 31.8 Å². The molecule has 2 unspecified atom stereocenters. The van der Waals surface area contributed by atoms with E-state index >= 15 is 0 Å². The average Bonchev–Trinajstić information content (AvgIpc) is 3.50. The molecule has 1 aliphatic heterocycles. The smallest absolute Gasteiger partial charge is 0.226 e. The predicted molar refractivity (Wildman–Crippen MR) is 155 cm³/mol. The zero-order valence-corrected chi connectivity index (χ0v) is 23.6. The van der Waals surface area contributed by atoms with Crippen molar-refractivity contribution in [2.45, 2.75) is 25.9 Å². The highest BCUT2D eigenvalue weighted by molar-refractivity contribution is 9.10. The number of carbonyl (C=O) groups is 1. The van der Waals surface area contributed by atoms with E-state index in [4.69, 9.17) is 28.2 Å². The summed E-state index contributed by atoms with van der Waals surface area (Å²) < 4.78 is 20.6. The van der Waals surface area contributed by atoms with Gasteiger partial charge in [0.05, 0.1) is 22.4 Å². The third-order valence-electron chi connectivity index (χ3n) is 6.23. The van der Waals surface area contributed by atoms with E-state index in [1.807, 2.05) is 55.1 Å². The van der Waals surface area contributed by atoms with Gasteiger partial charge in [0.25, 0.3) is 0 Å². The first-order chi connectivity index (χ1) is 18.2. The maximum absolute atomic E-state index is 13.7. The maximum Gasteiger partial charge on any atom is 0.226 e. The van der Waals surface area contributed by atoms with E-state index in [1.54, 1.807) is 24.4 Å². The van der Waals surface area contributed by atoms with Gasteiger partial charge in [0.2, 0.25) is 5.91 Å². The molecule has 0 bridgehead atoms. The number of furan rings is 1. The number of nitrogens with one attached hydrogen (secondary N) is 2. The van der Waals surface area contributed by atoms with Crippen LogP contribution in [0.1, 0.15) is 37.4 Å².